The van der Waals surface area contributed by atoms with E-state index in [1.165, 1.54) is 5.56 Å². The van der Waals surface area contributed by atoms with E-state index in [-0.39, 0.29) is 35.9 Å². The number of ketones is 1. The Bertz CT molecular complexity index is 651. The minimum Gasteiger partial charge on any atom is -0.342 e. The predicted octanol–water partition coefficient (Wildman–Crippen LogP) is 4.10. The number of carbonyl (C=O) groups excluding carboxylic acids is 2. The summed E-state index contributed by atoms with van der Waals surface area (Å²) in [5.41, 5.74) is 7.94. The van der Waals surface area contributed by atoms with Crippen molar-refractivity contribution >= 4 is 24.1 Å². The number of Topliss-reactive ketones (excluding diaryl/α,β-unsaturated/α-hetero) is 1. The Morgan fingerprint density at radius 3 is 2.29 bits per heavy atom. The Balaban J connectivity index is 0.00000280. The van der Waals surface area contributed by atoms with Crippen LogP contribution in [0, 0.1) is 23.7 Å². The van der Waals surface area contributed by atoms with Crippen LogP contribution in [0.2, 0.25) is 0 Å². The monoisotopic (exact) mass is 406 g/mol. The van der Waals surface area contributed by atoms with Crippen LogP contribution in [0.4, 0.5) is 0 Å². The van der Waals surface area contributed by atoms with Gasteiger partial charge in [-0.15, -0.1) is 12.4 Å². The zero-order valence-corrected chi connectivity index (χ0v) is 18.0. The van der Waals surface area contributed by atoms with Gasteiger partial charge in [-0.25, -0.2) is 0 Å². The number of likely N-dealkylation sites (tertiary alicyclic amines) is 1. The van der Waals surface area contributed by atoms with E-state index in [9.17, 15) is 9.59 Å². The molecule has 0 unspecified atom stereocenters. The molecule has 1 aromatic carbocycles. The maximum Gasteiger partial charge on any atom is 0.226 e. The molecule has 2 N–H and O–H groups in total. The van der Waals surface area contributed by atoms with E-state index in [4.69, 9.17) is 5.73 Å². The van der Waals surface area contributed by atoms with Gasteiger partial charge in [0, 0.05) is 30.5 Å². The van der Waals surface area contributed by atoms with Gasteiger partial charge in [-0.05, 0) is 56.0 Å². The molecule has 1 aliphatic heterocycles. The van der Waals surface area contributed by atoms with Crippen LogP contribution in [0.3, 0.4) is 0 Å². The number of nitrogens with zero attached hydrogens (tertiary/aromatic N) is 1. The number of benzene rings is 1. The normalized spacial score (nSPS) is 22.9. The summed E-state index contributed by atoms with van der Waals surface area (Å²) in [4.78, 5) is 27.7. The maximum absolute atomic E-state index is 12.8. The molecule has 0 radical (unpaired) electrons. The van der Waals surface area contributed by atoms with Crippen LogP contribution < -0.4 is 5.73 Å². The van der Waals surface area contributed by atoms with Gasteiger partial charge in [0.2, 0.25) is 5.91 Å². The minimum absolute atomic E-state index is 0. The van der Waals surface area contributed by atoms with Crippen LogP contribution in [-0.2, 0) is 11.2 Å². The Kier molecular flexibility index (Phi) is 8.51. The van der Waals surface area contributed by atoms with E-state index in [1.807, 2.05) is 17.0 Å². The zero-order chi connectivity index (χ0) is 19.4. The van der Waals surface area contributed by atoms with Crippen molar-refractivity contribution in [2.45, 2.75) is 52.4 Å². The van der Waals surface area contributed by atoms with Gasteiger partial charge in [0.25, 0.3) is 0 Å². The predicted molar refractivity (Wildman–Crippen MR) is 116 cm³/mol. The summed E-state index contributed by atoms with van der Waals surface area (Å²) in [6, 6.07) is 8.11. The molecule has 1 heterocycles. The van der Waals surface area contributed by atoms with Crippen molar-refractivity contribution in [1.29, 1.82) is 0 Å². The van der Waals surface area contributed by atoms with Crippen LogP contribution in [0.5, 0.6) is 0 Å². The largest absolute Gasteiger partial charge is 0.342 e. The van der Waals surface area contributed by atoms with Gasteiger partial charge >= 0.3 is 0 Å². The summed E-state index contributed by atoms with van der Waals surface area (Å²) in [7, 11) is 0. The summed E-state index contributed by atoms with van der Waals surface area (Å²) >= 11 is 0. The molecular formula is C23H35ClN2O2. The first-order valence-electron chi connectivity index (χ1n) is 10.6. The number of halogens is 1. The Morgan fingerprint density at radius 2 is 1.71 bits per heavy atom. The van der Waals surface area contributed by atoms with Gasteiger partial charge < -0.3 is 10.6 Å². The van der Waals surface area contributed by atoms with Crippen LogP contribution >= 0.6 is 12.4 Å². The second-order valence-electron chi connectivity index (χ2n) is 8.79. The van der Waals surface area contributed by atoms with Gasteiger partial charge in [-0.2, -0.15) is 0 Å². The molecule has 0 aromatic heterocycles. The average Bonchev–Trinajstić information content (AvgIpc) is 3.16. The molecule has 1 aliphatic carbocycles. The standard InChI is InChI=1S/C23H34N2O2.ClH/c1-16(2)14-17-6-8-18(9-7-17)22(26)19-10-12-25(13-11-19)23(27)21-5-3-4-20(21)15-24;/h6-9,16,19-21H,3-5,10-15,24H2,1-2H3;1H/t20-,21-;/m1./s1. The average molecular weight is 407 g/mol. The van der Waals surface area contributed by atoms with E-state index < -0.39 is 0 Å². The van der Waals surface area contributed by atoms with Crippen LogP contribution in [0.25, 0.3) is 0 Å². The highest BCUT2D eigenvalue weighted by atomic mass is 35.5. The van der Waals surface area contributed by atoms with E-state index in [0.717, 1.165) is 44.1 Å². The lowest BCUT2D eigenvalue weighted by Crippen LogP contribution is -2.44. The highest BCUT2D eigenvalue weighted by molar-refractivity contribution is 5.98. The number of piperidine rings is 1. The number of hydrogen-bond donors (Lipinski definition) is 1. The summed E-state index contributed by atoms with van der Waals surface area (Å²) in [5, 5.41) is 0. The molecule has 1 saturated carbocycles. The smallest absolute Gasteiger partial charge is 0.226 e. The van der Waals surface area contributed by atoms with Crippen LogP contribution in [0.1, 0.15) is 61.9 Å². The fraction of sp³-hybridized carbons (Fsp3) is 0.652. The molecule has 28 heavy (non-hydrogen) atoms. The third-order valence-corrected chi connectivity index (χ3v) is 6.34. The van der Waals surface area contributed by atoms with Crippen molar-refractivity contribution in [2.75, 3.05) is 19.6 Å². The molecule has 2 fully saturated rings. The number of rotatable bonds is 6. The van der Waals surface area contributed by atoms with E-state index >= 15 is 0 Å². The molecule has 0 spiro atoms. The van der Waals surface area contributed by atoms with Crippen molar-refractivity contribution in [1.82, 2.24) is 4.90 Å². The Morgan fingerprint density at radius 1 is 1.07 bits per heavy atom. The third-order valence-electron chi connectivity index (χ3n) is 6.34. The summed E-state index contributed by atoms with van der Waals surface area (Å²) in [5.74, 6) is 1.62. The lowest BCUT2D eigenvalue weighted by atomic mass is 9.87. The summed E-state index contributed by atoms with van der Waals surface area (Å²) in [6.45, 7) is 6.42. The number of hydrogen-bond acceptors (Lipinski definition) is 3. The molecule has 3 rings (SSSR count). The Hall–Kier alpha value is -1.39. The molecule has 1 amide bonds. The van der Waals surface area contributed by atoms with Crippen LogP contribution in [-0.4, -0.2) is 36.2 Å². The Labute approximate surface area is 175 Å². The van der Waals surface area contributed by atoms with E-state index in [2.05, 4.69) is 26.0 Å². The highest BCUT2D eigenvalue weighted by Gasteiger charge is 2.36. The molecular weight excluding hydrogens is 372 g/mol. The second-order valence-corrected chi connectivity index (χ2v) is 8.79. The fourth-order valence-electron chi connectivity index (χ4n) is 4.75. The quantitative estimate of drug-likeness (QED) is 0.723. The first-order valence-corrected chi connectivity index (χ1v) is 10.6. The highest BCUT2D eigenvalue weighted by Crippen LogP contribution is 2.33. The molecule has 2 aliphatic rings. The van der Waals surface area contributed by atoms with Gasteiger partial charge in [0.05, 0.1) is 0 Å². The SMILES string of the molecule is CC(C)Cc1ccc(C(=O)C2CCN(C(=O)[C@@H]3CCC[C@@H]3CN)CC2)cc1.Cl. The molecule has 1 saturated heterocycles. The number of nitrogens with two attached hydrogens (primary N) is 1. The molecule has 1 aromatic rings. The topological polar surface area (TPSA) is 63.4 Å². The van der Waals surface area contributed by atoms with Gasteiger partial charge in [0.1, 0.15) is 0 Å². The van der Waals surface area contributed by atoms with Gasteiger partial charge in [-0.3, -0.25) is 9.59 Å². The van der Waals surface area contributed by atoms with Crippen LogP contribution in [0.15, 0.2) is 24.3 Å². The molecule has 2 atom stereocenters. The first-order chi connectivity index (χ1) is 13.0. The molecule has 156 valence electrons. The molecule has 5 heteroatoms. The summed E-state index contributed by atoms with van der Waals surface area (Å²) in [6.07, 6.45) is 5.76. The lowest BCUT2D eigenvalue weighted by Gasteiger charge is -2.34. The maximum atomic E-state index is 12.8. The van der Waals surface area contributed by atoms with Crippen molar-refractivity contribution in [3.8, 4) is 0 Å². The van der Waals surface area contributed by atoms with Gasteiger partial charge in [0.15, 0.2) is 5.78 Å². The van der Waals surface area contributed by atoms with Gasteiger partial charge in [-0.1, -0.05) is 44.5 Å². The first kappa shape index (κ1) is 22.9. The number of amides is 1. The molecule has 4 nitrogen and oxygen atoms in total. The third kappa shape index (κ3) is 5.36. The number of carbonyl (C=O) groups is 2. The lowest BCUT2D eigenvalue weighted by molar-refractivity contribution is -0.137. The fourth-order valence-corrected chi connectivity index (χ4v) is 4.75. The minimum atomic E-state index is 0. The van der Waals surface area contributed by atoms with Crippen molar-refractivity contribution in [3.05, 3.63) is 35.4 Å². The van der Waals surface area contributed by atoms with Crippen molar-refractivity contribution in [2.24, 2.45) is 29.4 Å². The van der Waals surface area contributed by atoms with E-state index in [1.54, 1.807) is 0 Å². The zero-order valence-electron chi connectivity index (χ0n) is 17.2. The van der Waals surface area contributed by atoms with Crippen molar-refractivity contribution < 1.29 is 9.59 Å². The second kappa shape index (κ2) is 10.4. The molecule has 0 bridgehead atoms. The van der Waals surface area contributed by atoms with E-state index in [0.29, 0.717) is 31.5 Å². The summed E-state index contributed by atoms with van der Waals surface area (Å²) < 4.78 is 0. The van der Waals surface area contributed by atoms with Crippen molar-refractivity contribution in [3.63, 3.8) is 0 Å².